The lowest BCUT2D eigenvalue weighted by atomic mass is 10.1. The van der Waals surface area contributed by atoms with E-state index in [2.05, 4.69) is 24.4 Å². The van der Waals surface area contributed by atoms with Crippen LogP contribution >= 0.6 is 0 Å². The lowest BCUT2D eigenvalue weighted by Crippen LogP contribution is -2.17. The number of esters is 1. The smallest absolute Gasteiger partial charge is 0.343 e. The SMILES string of the molecule is CCCCCCCCCCCCOc1ccc(C(=O)Oc2ccc(/C=N/NC(=O)c3ccc(OCc4ccc(OCCCCCCCCCC)cc4)cc3)cc2)cc1. The molecule has 0 saturated heterocycles. The Kier molecular flexibility index (Phi) is 22.3. The summed E-state index contributed by atoms with van der Waals surface area (Å²) in [5.41, 5.74) is 5.22. The van der Waals surface area contributed by atoms with Crippen LogP contribution in [0.15, 0.2) is 102 Å². The molecule has 0 aliphatic carbocycles. The van der Waals surface area contributed by atoms with Gasteiger partial charge in [-0.1, -0.05) is 129 Å². The van der Waals surface area contributed by atoms with Crippen molar-refractivity contribution in [3.05, 3.63) is 119 Å². The number of ether oxygens (including phenoxy) is 4. The molecule has 0 atom stereocenters. The number of hydrazone groups is 1. The van der Waals surface area contributed by atoms with E-state index in [1.807, 2.05) is 24.3 Å². The van der Waals surface area contributed by atoms with Gasteiger partial charge in [0.2, 0.25) is 0 Å². The van der Waals surface area contributed by atoms with E-state index >= 15 is 0 Å². The number of carbonyl (C=O) groups is 2. The van der Waals surface area contributed by atoms with Crippen molar-refractivity contribution in [1.82, 2.24) is 5.43 Å². The fourth-order valence-electron chi connectivity index (χ4n) is 6.46. The van der Waals surface area contributed by atoms with Crippen LogP contribution in [-0.4, -0.2) is 31.3 Å². The van der Waals surface area contributed by atoms with E-state index in [1.165, 1.54) is 109 Å². The normalized spacial score (nSPS) is 11.1. The first-order chi connectivity index (χ1) is 28.5. The Morgan fingerprint density at radius 1 is 0.483 bits per heavy atom. The lowest BCUT2D eigenvalue weighted by molar-refractivity contribution is 0.0734. The predicted molar refractivity (Wildman–Crippen MR) is 236 cm³/mol. The third kappa shape index (κ3) is 18.9. The summed E-state index contributed by atoms with van der Waals surface area (Å²) in [5.74, 6) is 1.90. The fourth-order valence-corrected chi connectivity index (χ4v) is 6.46. The van der Waals surface area contributed by atoms with Gasteiger partial charge in [-0.15, -0.1) is 0 Å². The molecule has 0 aromatic heterocycles. The zero-order chi connectivity index (χ0) is 40.9. The second-order valence-corrected chi connectivity index (χ2v) is 15.0. The van der Waals surface area contributed by atoms with Crippen LogP contribution in [0.25, 0.3) is 0 Å². The minimum atomic E-state index is -0.449. The summed E-state index contributed by atoms with van der Waals surface area (Å²) >= 11 is 0. The van der Waals surface area contributed by atoms with E-state index < -0.39 is 5.97 Å². The number of nitrogens with zero attached hydrogens (tertiary/aromatic N) is 1. The molecule has 4 rings (SSSR count). The molecule has 1 amide bonds. The number of carbonyl (C=O) groups excluding carboxylic acids is 2. The van der Waals surface area contributed by atoms with Crippen LogP contribution in [0.3, 0.4) is 0 Å². The minimum Gasteiger partial charge on any atom is -0.494 e. The highest BCUT2D eigenvalue weighted by atomic mass is 16.5. The van der Waals surface area contributed by atoms with Gasteiger partial charge in [0.25, 0.3) is 5.91 Å². The van der Waals surface area contributed by atoms with Gasteiger partial charge >= 0.3 is 5.97 Å². The first kappa shape index (κ1) is 45.6. The quantitative estimate of drug-likeness (QED) is 0.0186. The van der Waals surface area contributed by atoms with Gasteiger partial charge in [-0.25, -0.2) is 10.2 Å². The number of hydrogen-bond acceptors (Lipinski definition) is 7. The Morgan fingerprint density at radius 3 is 1.40 bits per heavy atom. The molecule has 58 heavy (non-hydrogen) atoms. The maximum Gasteiger partial charge on any atom is 0.343 e. The molecule has 1 N–H and O–H groups in total. The summed E-state index contributed by atoms with van der Waals surface area (Å²) in [7, 11) is 0. The average Bonchev–Trinajstić information content (AvgIpc) is 3.25. The Balaban J connectivity index is 1.07. The molecule has 0 unspecified atom stereocenters. The topological polar surface area (TPSA) is 95.5 Å². The molecule has 0 aliphatic rings. The maximum absolute atomic E-state index is 12.7. The third-order valence-corrected chi connectivity index (χ3v) is 10.0. The van der Waals surface area contributed by atoms with Crippen molar-refractivity contribution in [2.24, 2.45) is 5.10 Å². The Bertz CT molecular complexity index is 1720. The van der Waals surface area contributed by atoms with Gasteiger partial charge in [0.05, 0.1) is 25.0 Å². The summed E-state index contributed by atoms with van der Waals surface area (Å²) in [6, 6.07) is 28.8. The largest absolute Gasteiger partial charge is 0.494 e. The van der Waals surface area contributed by atoms with Crippen LogP contribution in [0.1, 0.15) is 161 Å². The van der Waals surface area contributed by atoms with E-state index in [4.69, 9.17) is 18.9 Å². The highest BCUT2D eigenvalue weighted by molar-refractivity contribution is 5.95. The Labute approximate surface area is 347 Å². The molecule has 0 saturated carbocycles. The van der Waals surface area contributed by atoms with Gasteiger partial charge in [-0.3, -0.25) is 4.79 Å². The second kappa shape index (κ2) is 28.3. The van der Waals surface area contributed by atoms with Gasteiger partial charge in [0.1, 0.15) is 29.6 Å². The first-order valence-electron chi connectivity index (χ1n) is 21.9. The van der Waals surface area contributed by atoms with Crippen molar-refractivity contribution in [2.75, 3.05) is 13.2 Å². The van der Waals surface area contributed by atoms with Crippen molar-refractivity contribution >= 4 is 18.1 Å². The summed E-state index contributed by atoms with van der Waals surface area (Å²) < 4.78 is 23.3. The number of nitrogens with one attached hydrogen (secondary N) is 1. The highest BCUT2D eigenvalue weighted by Gasteiger charge is 2.10. The van der Waals surface area contributed by atoms with E-state index in [1.54, 1.807) is 72.8 Å². The molecule has 8 nitrogen and oxygen atoms in total. The summed E-state index contributed by atoms with van der Waals surface area (Å²) in [6.45, 7) is 6.34. The zero-order valence-corrected chi connectivity index (χ0v) is 35.1. The van der Waals surface area contributed by atoms with E-state index in [0.717, 1.165) is 42.1 Å². The van der Waals surface area contributed by atoms with Crippen molar-refractivity contribution < 1.29 is 28.5 Å². The molecule has 4 aromatic rings. The number of amides is 1. The highest BCUT2D eigenvalue weighted by Crippen LogP contribution is 2.20. The van der Waals surface area contributed by atoms with Gasteiger partial charge < -0.3 is 18.9 Å². The van der Waals surface area contributed by atoms with E-state index in [0.29, 0.717) is 35.8 Å². The van der Waals surface area contributed by atoms with Crippen LogP contribution in [0, 0.1) is 0 Å². The summed E-state index contributed by atoms with van der Waals surface area (Å²) in [5, 5.41) is 4.08. The van der Waals surface area contributed by atoms with Crippen molar-refractivity contribution in [1.29, 1.82) is 0 Å². The molecule has 0 aliphatic heterocycles. The molecule has 312 valence electrons. The van der Waals surface area contributed by atoms with Gasteiger partial charge in [0.15, 0.2) is 0 Å². The van der Waals surface area contributed by atoms with Gasteiger partial charge in [0, 0.05) is 5.56 Å². The van der Waals surface area contributed by atoms with Crippen LogP contribution < -0.4 is 24.4 Å². The first-order valence-corrected chi connectivity index (χ1v) is 21.9. The van der Waals surface area contributed by atoms with Crippen LogP contribution in [-0.2, 0) is 6.61 Å². The third-order valence-electron chi connectivity index (χ3n) is 10.0. The standard InChI is InChI=1S/C50H66N2O6/c1-3-5-7-9-11-13-14-16-18-20-38-56-46-35-27-44(28-36-46)50(54)58-48-31-21-41(22-32-48)39-51-52-49(53)43-25-33-47(34-26-43)57-40-42-23-29-45(30-24-42)55-37-19-17-15-12-10-8-6-4-2/h21-36,39H,3-20,37-38,40H2,1-2H3,(H,52,53)/b51-39+. The van der Waals surface area contributed by atoms with Crippen LogP contribution in [0.5, 0.6) is 23.0 Å². The number of unbranched alkanes of at least 4 members (excludes halogenated alkanes) is 16. The molecule has 0 bridgehead atoms. The molecule has 0 spiro atoms. The maximum atomic E-state index is 12.7. The van der Waals surface area contributed by atoms with E-state index in [9.17, 15) is 9.59 Å². The molecule has 0 fully saturated rings. The monoisotopic (exact) mass is 790 g/mol. The van der Waals surface area contributed by atoms with Crippen molar-refractivity contribution in [3.63, 3.8) is 0 Å². The molecular weight excluding hydrogens is 725 g/mol. The van der Waals surface area contributed by atoms with Crippen molar-refractivity contribution in [2.45, 2.75) is 136 Å². The molecule has 8 heteroatoms. The Morgan fingerprint density at radius 2 is 0.897 bits per heavy atom. The van der Waals surface area contributed by atoms with Gasteiger partial charge in [-0.05, 0) is 109 Å². The summed E-state index contributed by atoms with van der Waals surface area (Å²) in [6.07, 6.45) is 24.6. The minimum absolute atomic E-state index is 0.342. The van der Waals surface area contributed by atoms with Crippen molar-refractivity contribution in [3.8, 4) is 23.0 Å². The number of rotatable bonds is 30. The fraction of sp³-hybridized carbons (Fsp3) is 0.460. The predicted octanol–water partition coefficient (Wildman–Crippen LogP) is 13.1. The van der Waals surface area contributed by atoms with Gasteiger partial charge in [-0.2, -0.15) is 5.10 Å². The molecular formula is C50H66N2O6. The zero-order valence-electron chi connectivity index (χ0n) is 35.1. The van der Waals surface area contributed by atoms with E-state index in [-0.39, 0.29) is 5.91 Å². The lowest BCUT2D eigenvalue weighted by Gasteiger charge is -2.09. The number of hydrogen-bond donors (Lipinski definition) is 1. The average molecular weight is 791 g/mol. The molecule has 0 heterocycles. The molecule has 4 aromatic carbocycles. The van der Waals surface area contributed by atoms with Crippen LogP contribution in [0.4, 0.5) is 0 Å². The number of benzene rings is 4. The Hall–Kier alpha value is -5.11. The molecule has 0 radical (unpaired) electrons. The summed E-state index contributed by atoms with van der Waals surface area (Å²) in [4.78, 5) is 25.4. The second-order valence-electron chi connectivity index (χ2n) is 15.0. The van der Waals surface area contributed by atoms with Crippen LogP contribution in [0.2, 0.25) is 0 Å².